The first-order valence-electron chi connectivity index (χ1n) is 7.86. The lowest BCUT2D eigenvalue weighted by molar-refractivity contribution is -0.123. The number of nitrogens with zero attached hydrogens (tertiary/aromatic N) is 1. The normalized spacial score (nSPS) is 28.1. The molecule has 0 radical (unpaired) electrons. The van der Waals surface area contributed by atoms with Gasteiger partial charge in [0.2, 0.25) is 5.91 Å². The van der Waals surface area contributed by atoms with Crippen molar-refractivity contribution in [3.05, 3.63) is 24.3 Å². The molecule has 1 aromatic carbocycles. The molecule has 4 nitrogen and oxygen atoms in total. The van der Waals surface area contributed by atoms with Crippen LogP contribution in [0.15, 0.2) is 24.3 Å². The highest BCUT2D eigenvalue weighted by Crippen LogP contribution is 2.38. The fraction of sp³-hybridized carbons (Fsp3) is 0.588. The maximum atomic E-state index is 12.1. The first kappa shape index (κ1) is 14.2. The van der Waals surface area contributed by atoms with Crippen molar-refractivity contribution in [2.24, 2.45) is 11.8 Å². The van der Waals surface area contributed by atoms with Crippen molar-refractivity contribution in [2.75, 3.05) is 25.1 Å². The number of amides is 1. The largest absolute Gasteiger partial charge is 0.497 e. The molecule has 21 heavy (non-hydrogen) atoms. The molecule has 1 amide bonds. The van der Waals surface area contributed by atoms with Crippen LogP contribution in [0.4, 0.5) is 5.69 Å². The highest BCUT2D eigenvalue weighted by molar-refractivity contribution is 5.81. The maximum Gasteiger partial charge on any atom is 0.223 e. The zero-order chi connectivity index (χ0) is 14.8. The van der Waals surface area contributed by atoms with Crippen molar-refractivity contribution >= 4 is 11.6 Å². The predicted octanol–water partition coefficient (Wildman–Crippen LogP) is 2.44. The Kier molecular flexibility index (Phi) is 4.04. The van der Waals surface area contributed by atoms with Crippen molar-refractivity contribution in [1.82, 2.24) is 5.32 Å². The Hall–Kier alpha value is -1.71. The lowest BCUT2D eigenvalue weighted by Gasteiger charge is -2.35. The number of anilines is 1. The topological polar surface area (TPSA) is 41.6 Å². The third-order valence-electron chi connectivity index (χ3n) is 4.63. The van der Waals surface area contributed by atoms with Gasteiger partial charge in [-0.2, -0.15) is 0 Å². The number of hydrogen-bond donors (Lipinski definition) is 1. The molecular formula is C17H24N2O2. The fourth-order valence-electron chi connectivity index (χ4n) is 3.13. The molecule has 3 rings (SSSR count). The van der Waals surface area contributed by atoms with E-state index in [4.69, 9.17) is 4.74 Å². The summed E-state index contributed by atoms with van der Waals surface area (Å²) in [5.41, 5.74) is 1.17. The predicted molar refractivity (Wildman–Crippen MR) is 83.6 cm³/mol. The van der Waals surface area contributed by atoms with Gasteiger partial charge in [0.15, 0.2) is 0 Å². The Morgan fingerprint density at radius 2 is 2.24 bits per heavy atom. The van der Waals surface area contributed by atoms with Gasteiger partial charge in [-0.1, -0.05) is 13.0 Å². The number of carbonyl (C=O) groups excluding carboxylic acids is 1. The third-order valence-corrected chi connectivity index (χ3v) is 4.63. The van der Waals surface area contributed by atoms with Crippen LogP contribution in [0.2, 0.25) is 0 Å². The summed E-state index contributed by atoms with van der Waals surface area (Å²) < 4.78 is 5.29. The first-order valence-corrected chi connectivity index (χ1v) is 7.86. The fourth-order valence-corrected chi connectivity index (χ4v) is 3.13. The van der Waals surface area contributed by atoms with Gasteiger partial charge < -0.3 is 15.0 Å². The lowest BCUT2D eigenvalue weighted by Crippen LogP contribution is -2.48. The van der Waals surface area contributed by atoms with Gasteiger partial charge in [0.25, 0.3) is 0 Å². The van der Waals surface area contributed by atoms with E-state index < -0.39 is 0 Å². The summed E-state index contributed by atoms with van der Waals surface area (Å²) in [4.78, 5) is 14.4. The summed E-state index contributed by atoms with van der Waals surface area (Å²) in [7, 11) is 1.69. The van der Waals surface area contributed by atoms with Gasteiger partial charge in [-0.05, 0) is 37.3 Å². The molecule has 3 atom stereocenters. The van der Waals surface area contributed by atoms with E-state index in [1.54, 1.807) is 7.11 Å². The van der Waals surface area contributed by atoms with Crippen LogP contribution >= 0.6 is 0 Å². The van der Waals surface area contributed by atoms with E-state index >= 15 is 0 Å². The van der Waals surface area contributed by atoms with Crippen molar-refractivity contribution in [3.8, 4) is 5.75 Å². The van der Waals surface area contributed by atoms with Gasteiger partial charge in [-0.15, -0.1) is 0 Å². The molecule has 1 aliphatic heterocycles. The quantitative estimate of drug-likeness (QED) is 0.925. The minimum Gasteiger partial charge on any atom is -0.497 e. The van der Waals surface area contributed by atoms with E-state index in [2.05, 4.69) is 29.3 Å². The van der Waals surface area contributed by atoms with E-state index in [0.29, 0.717) is 5.92 Å². The van der Waals surface area contributed by atoms with Gasteiger partial charge in [0.05, 0.1) is 7.11 Å². The molecule has 1 aromatic rings. The molecule has 1 saturated carbocycles. The first-order chi connectivity index (χ1) is 10.2. The van der Waals surface area contributed by atoms with Gasteiger partial charge in [0, 0.05) is 36.8 Å². The summed E-state index contributed by atoms with van der Waals surface area (Å²) in [5, 5.41) is 3.23. The molecule has 2 aliphatic rings. The highest BCUT2D eigenvalue weighted by atomic mass is 16.5. The SMILES string of the molecule is COc1cccc(N2CCCC(NC(=O)C3CC3C)C2)c1. The minimum atomic E-state index is 0.250. The number of nitrogens with one attached hydrogen (secondary N) is 1. The Morgan fingerprint density at radius 1 is 1.43 bits per heavy atom. The maximum absolute atomic E-state index is 12.1. The molecule has 4 heteroatoms. The molecule has 0 bridgehead atoms. The van der Waals surface area contributed by atoms with Crippen LogP contribution in [0.3, 0.4) is 0 Å². The summed E-state index contributed by atoms with van der Waals surface area (Å²) in [5.74, 6) is 1.96. The smallest absolute Gasteiger partial charge is 0.223 e. The third kappa shape index (κ3) is 3.31. The van der Waals surface area contributed by atoms with Gasteiger partial charge in [-0.25, -0.2) is 0 Å². The molecular weight excluding hydrogens is 264 g/mol. The lowest BCUT2D eigenvalue weighted by atomic mass is 10.0. The van der Waals surface area contributed by atoms with Crippen molar-refractivity contribution < 1.29 is 9.53 Å². The van der Waals surface area contributed by atoms with Crippen molar-refractivity contribution in [1.29, 1.82) is 0 Å². The van der Waals surface area contributed by atoms with E-state index in [1.165, 1.54) is 5.69 Å². The minimum absolute atomic E-state index is 0.250. The average molecular weight is 288 g/mol. The summed E-state index contributed by atoms with van der Waals surface area (Å²) in [6.07, 6.45) is 3.24. The number of carbonyl (C=O) groups is 1. The average Bonchev–Trinajstić information content (AvgIpc) is 3.25. The van der Waals surface area contributed by atoms with E-state index in [0.717, 1.165) is 38.1 Å². The molecule has 114 valence electrons. The van der Waals surface area contributed by atoms with Crippen molar-refractivity contribution in [2.45, 2.75) is 32.2 Å². The zero-order valence-electron chi connectivity index (χ0n) is 12.8. The van der Waals surface area contributed by atoms with Crippen LogP contribution in [-0.4, -0.2) is 32.1 Å². The summed E-state index contributed by atoms with van der Waals surface area (Å²) >= 11 is 0. The summed E-state index contributed by atoms with van der Waals surface area (Å²) in [6.45, 7) is 4.08. The Bertz CT molecular complexity index is 517. The van der Waals surface area contributed by atoms with Crippen LogP contribution in [0.1, 0.15) is 26.2 Å². The highest BCUT2D eigenvalue weighted by Gasteiger charge is 2.40. The molecule has 0 spiro atoms. The standard InChI is InChI=1S/C17H24N2O2/c1-12-9-16(12)17(20)18-13-5-4-8-19(11-13)14-6-3-7-15(10-14)21-2/h3,6-7,10,12-13,16H,4-5,8-9,11H2,1-2H3,(H,18,20). The van der Waals surface area contributed by atoms with Crippen LogP contribution in [0.25, 0.3) is 0 Å². The Balaban J connectivity index is 1.61. The molecule has 1 aliphatic carbocycles. The van der Waals surface area contributed by atoms with E-state index in [-0.39, 0.29) is 17.9 Å². The Labute approximate surface area is 126 Å². The Morgan fingerprint density at radius 3 is 2.95 bits per heavy atom. The number of ether oxygens (including phenoxy) is 1. The van der Waals surface area contributed by atoms with Crippen LogP contribution in [0.5, 0.6) is 5.75 Å². The van der Waals surface area contributed by atoms with E-state index in [1.807, 2.05) is 12.1 Å². The number of piperidine rings is 1. The number of hydrogen-bond acceptors (Lipinski definition) is 3. The molecule has 1 N–H and O–H groups in total. The van der Waals surface area contributed by atoms with Crippen LogP contribution < -0.4 is 15.0 Å². The summed E-state index contributed by atoms with van der Waals surface area (Å²) in [6, 6.07) is 8.41. The van der Waals surface area contributed by atoms with Gasteiger partial charge in [0.1, 0.15) is 5.75 Å². The van der Waals surface area contributed by atoms with Gasteiger partial charge >= 0.3 is 0 Å². The van der Waals surface area contributed by atoms with Crippen molar-refractivity contribution in [3.63, 3.8) is 0 Å². The molecule has 1 heterocycles. The molecule has 0 aromatic heterocycles. The molecule has 3 unspecified atom stereocenters. The second-order valence-electron chi connectivity index (χ2n) is 6.31. The number of rotatable bonds is 4. The number of benzene rings is 1. The second-order valence-corrected chi connectivity index (χ2v) is 6.31. The van der Waals surface area contributed by atoms with E-state index in [9.17, 15) is 4.79 Å². The number of methoxy groups -OCH3 is 1. The molecule has 2 fully saturated rings. The monoisotopic (exact) mass is 288 g/mol. The zero-order valence-corrected chi connectivity index (χ0v) is 12.8. The van der Waals surface area contributed by atoms with Crippen LogP contribution in [-0.2, 0) is 4.79 Å². The second kappa shape index (κ2) is 5.96. The van der Waals surface area contributed by atoms with Gasteiger partial charge in [-0.3, -0.25) is 4.79 Å². The van der Waals surface area contributed by atoms with Crippen LogP contribution in [0, 0.1) is 11.8 Å². The molecule has 1 saturated heterocycles.